The Kier molecular flexibility index (Phi) is 4.94. The number of anilines is 1. The lowest BCUT2D eigenvalue weighted by Gasteiger charge is -2.33. The van der Waals surface area contributed by atoms with Gasteiger partial charge in [-0.1, -0.05) is 32.0 Å². The van der Waals surface area contributed by atoms with Gasteiger partial charge in [0.1, 0.15) is 0 Å². The Bertz CT molecular complexity index is 358. The van der Waals surface area contributed by atoms with Crippen LogP contribution < -0.4 is 10.2 Å². The van der Waals surface area contributed by atoms with Gasteiger partial charge >= 0.3 is 0 Å². The maximum absolute atomic E-state index is 5.45. The first-order valence-electron chi connectivity index (χ1n) is 6.13. The van der Waals surface area contributed by atoms with Crippen LogP contribution in [0.1, 0.15) is 33.6 Å². The van der Waals surface area contributed by atoms with Gasteiger partial charge in [0.05, 0.1) is 0 Å². The summed E-state index contributed by atoms with van der Waals surface area (Å²) in [5.41, 5.74) is 1.19. The summed E-state index contributed by atoms with van der Waals surface area (Å²) in [5.74, 6) is 0. The van der Waals surface area contributed by atoms with E-state index in [1.54, 1.807) is 0 Å². The van der Waals surface area contributed by atoms with E-state index < -0.39 is 0 Å². The molecule has 0 radical (unpaired) electrons. The molecule has 17 heavy (non-hydrogen) atoms. The van der Waals surface area contributed by atoms with Crippen LogP contribution in [0.15, 0.2) is 30.3 Å². The zero-order valence-electron chi connectivity index (χ0n) is 11.2. The zero-order chi connectivity index (χ0) is 12.9. The summed E-state index contributed by atoms with van der Waals surface area (Å²) in [7, 11) is 2.00. The van der Waals surface area contributed by atoms with Crippen molar-refractivity contribution in [2.24, 2.45) is 0 Å². The molecule has 0 unspecified atom stereocenters. The maximum Gasteiger partial charge on any atom is 0.173 e. The molecule has 94 valence electrons. The molecule has 2 nitrogen and oxygen atoms in total. The predicted molar refractivity (Wildman–Crippen MR) is 79.6 cm³/mol. The van der Waals surface area contributed by atoms with E-state index in [4.69, 9.17) is 12.2 Å². The first kappa shape index (κ1) is 14.0. The highest BCUT2D eigenvalue weighted by atomic mass is 32.1. The predicted octanol–water partition coefficient (Wildman–Crippen LogP) is 3.58. The lowest BCUT2D eigenvalue weighted by atomic mass is 9.96. The lowest BCUT2D eigenvalue weighted by Crippen LogP contribution is -2.50. The molecule has 1 rings (SSSR count). The number of hydrogen-bond acceptors (Lipinski definition) is 1. The van der Waals surface area contributed by atoms with Crippen molar-refractivity contribution in [1.29, 1.82) is 0 Å². The van der Waals surface area contributed by atoms with Gasteiger partial charge in [0.25, 0.3) is 0 Å². The van der Waals surface area contributed by atoms with Crippen LogP contribution in [0.5, 0.6) is 0 Å². The van der Waals surface area contributed by atoms with Gasteiger partial charge < -0.3 is 10.2 Å². The van der Waals surface area contributed by atoms with Crippen molar-refractivity contribution in [2.75, 3.05) is 11.9 Å². The SMILES string of the molecule is CCC(C)(CC)NC(=S)N(C)c1ccccc1. The quantitative estimate of drug-likeness (QED) is 0.822. The number of para-hydroxylation sites is 1. The molecule has 0 amide bonds. The lowest BCUT2D eigenvalue weighted by molar-refractivity contribution is 0.389. The minimum absolute atomic E-state index is 0.0835. The molecule has 0 spiro atoms. The van der Waals surface area contributed by atoms with Gasteiger partial charge in [-0.25, -0.2) is 0 Å². The monoisotopic (exact) mass is 250 g/mol. The highest BCUT2D eigenvalue weighted by Crippen LogP contribution is 2.16. The Morgan fingerprint density at radius 3 is 2.24 bits per heavy atom. The van der Waals surface area contributed by atoms with E-state index in [1.165, 1.54) is 0 Å². The molecule has 0 aliphatic rings. The Morgan fingerprint density at radius 2 is 1.76 bits per heavy atom. The second kappa shape index (κ2) is 6.01. The third kappa shape index (κ3) is 3.70. The van der Waals surface area contributed by atoms with Gasteiger partial charge in [0, 0.05) is 18.3 Å². The van der Waals surface area contributed by atoms with Gasteiger partial charge in [-0.3, -0.25) is 0 Å². The smallest absolute Gasteiger partial charge is 0.173 e. The minimum Gasteiger partial charge on any atom is -0.357 e. The molecule has 0 saturated heterocycles. The molecule has 0 atom stereocenters. The molecular formula is C14H22N2S. The van der Waals surface area contributed by atoms with Gasteiger partial charge in [-0.05, 0) is 44.1 Å². The van der Waals surface area contributed by atoms with Crippen LogP contribution in [0, 0.1) is 0 Å². The van der Waals surface area contributed by atoms with Crippen molar-refractivity contribution in [1.82, 2.24) is 5.32 Å². The van der Waals surface area contributed by atoms with E-state index in [-0.39, 0.29) is 5.54 Å². The maximum atomic E-state index is 5.45. The fourth-order valence-electron chi connectivity index (χ4n) is 1.54. The van der Waals surface area contributed by atoms with E-state index in [0.29, 0.717) is 0 Å². The Labute approximate surface area is 110 Å². The fraction of sp³-hybridized carbons (Fsp3) is 0.500. The largest absolute Gasteiger partial charge is 0.357 e. The molecule has 3 heteroatoms. The fourth-order valence-corrected chi connectivity index (χ4v) is 1.89. The zero-order valence-corrected chi connectivity index (χ0v) is 12.0. The molecular weight excluding hydrogens is 228 g/mol. The summed E-state index contributed by atoms with van der Waals surface area (Å²) in [6, 6.07) is 10.2. The van der Waals surface area contributed by atoms with Crippen molar-refractivity contribution in [3.05, 3.63) is 30.3 Å². The van der Waals surface area contributed by atoms with Crippen LogP contribution in [0.25, 0.3) is 0 Å². The molecule has 1 N–H and O–H groups in total. The van der Waals surface area contributed by atoms with Crippen LogP contribution in [-0.4, -0.2) is 17.7 Å². The van der Waals surface area contributed by atoms with Gasteiger partial charge in [-0.15, -0.1) is 0 Å². The normalized spacial score (nSPS) is 11.1. The topological polar surface area (TPSA) is 15.3 Å². The molecule has 1 aromatic carbocycles. The Balaban J connectivity index is 2.71. The summed E-state index contributed by atoms with van der Waals surface area (Å²) < 4.78 is 0. The highest BCUT2D eigenvalue weighted by Gasteiger charge is 2.21. The van der Waals surface area contributed by atoms with Crippen molar-refractivity contribution in [2.45, 2.75) is 39.2 Å². The van der Waals surface area contributed by atoms with Crippen LogP contribution in [0.2, 0.25) is 0 Å². The van der Waals surface area contributed by atoms with Crippen LogP contribution in [0.3, 0.4) is 0 Å². The number of thiocarbonyl (C=S) groups is 1. The highest BCUT2D eigenvalue weighted by molar-refractivity contribution is 7.80. The minimum atomic E-state index is 0.0835. The van der Waals surface area contributed by atoms with Crippen molar-refractivity contribution >= 4 is 23.0 Å². The summed E-state index contributed by atoms with van der Waals surface area (Å²) in [4.78, 5) is 2.01. The first-order valence-corrected chi connectivity index (χ1v) is 6.54. The van der Waals surface area contributed by atoms with Gasteiger partial charge in [0.15, 0.2) is 5.11 Å². The van der Waals surface area contributed by atoms with Crippen LogP contribution in [0.4, 0.5) is 5.69 Å². The average Bonchev–Trinajstić information content (AvgIpc) is 2.38. The van der Waals surface area contributed by atoms with Crippen molar-refractivity contribution in [3.63, 3.8) is 0 Å². The third-order valence-electron chi connectivity index (χ3n) is 3.42. The number of nitrogens with one attached hydrogen (secondary N) is 1. The van der Waals surface area contributed by atoms with E-state index >= 15 is 0 Å². The van der Waals surface area contributed by atoms with E-state index in [2.05, 4.69) is 38.2 Å². The van der Waals surface area contributed by atoms with Gasteiger partial charge in [0.2, 0.25) is 0 Å². The standard InChI is InChI=1S/C14H22N2S/c1-5-14(3,6-2)15-13(17)16(4)12-10-8-7-9-11-12/h7-11H,5-6H2,1-4H3,(H,15,17). The summed E-state index contributed by atoms with van der Waals surface area (Å²) >= 11 is 5.45. The van der Waals surface area contributed by atoms with Crippen LogP contribution >= 0.6 is 12.2 Å². The summed E-state index contributed by atoms with van der Waals surface area (Å²) in [6.45, 7) is 6.57. The van der Waals surface area contributed by atoms with E-state index in [0.717, 1.165) is 23.6 Å². The molecule has 1 aromatic rings. The van der Waals surface area contributed by atoms with Gasteiger partial charge in [-0.2, -0.15) is 0 Å². The molecule has 0 aliphatic heterocycles. The number of rotatable bonds is 4. The number of benzene rings is 1. The molecule has 0 aromatic heterocycles. The Morgan fingerprint density at radius 1 is 1.24 bits per heavy atom. The third-order valence-corrected chi connectivity index (χ3v) is 3.79. The van der Waals surface area contributed by atoms with Crippen LogP contribution in [-0.2, 0) is 0 Å². The molecule has 0 aliphatic carbocycles. The molecule has 0 fully saturated rings. The average molecular weight is 250 g/mol. The molecule has 0 heterocycles. The second-order valence-corrected chi connectivity index (χ2v) is 4.98. The Hall–Kier alpha value is -1.09. The second-order valence-electron chi connectivity index (χ2n) is 4.59. The van der Waals surface area contributed by atoms with Crippen molar-refractivity contribution < 1.29 is 0 Å². The summed E-state index contributed by atoms with van der Waals surface area (Å²) in [6.07, 6.45) is 2.12. The van der Waals surface area contributed by atoms with Crippen molar-refractivity contribution in [3.8, 4) is 0 Å². The first-order chi connectivity index (χ1) is 8.02. The number of hydrogen-bond donors (Lipinski definition) is 1. The molecule has 0 saturated carbocycles. The number of nitrogens with zero attached hydrogens (tertiary/aromatic N) is 1. The van der Waals surface area contributed by atoms with E-state index in [1.807, 2.05) is 30.1 Å². The molecule has 0 bridgehead atoms. The van der Waals surface area contributed by atoms with E-state index in [9.17, 15) is 0 Å². The summed E-state index contributed by atoms with van der Waals surface area (Å²) in [5, 5.41) is 4.23.